The summed E-state index contributed by atoms with van der Waals surface area (Å²) in [5.41, 5.74) is 7.04. The van der Waals surface area contributed by atoms with Crippen molar-refractivity contribution in [2.75, 3.05) is 17.6 Å². The predicted octanol–water partition coefficient (Wildman–Crippen LogP) is 3.12. The fourth-order valence-electron chi connectivity index (χ4n) is 2.66. The van der Waals surface area contributed by atoms with Gasteiger partial charge in [-0.2, -0.15) is 0 Å². The molecule has 21 heavy (non-hydrogen) atoms. The zero-order valence-corrected chi connectivity index (χ0v) is 13.1. The van der Waals surface area contributed by atoms with Gasteiger partial charge in [0.25, 0.3) is 0 Å². The smallest absolute Gasteiger partial charge is 0.241 e. The van der Waals surface area contributed by atoms with Gasteiger partial charge in [0.05, 0.1) is 17.4 Å². The number of amides is 1. The molecule has 0 saturated heterocycles. The average Bonchev–Trinajstić information content (AvgIpc) is 3.31. The standard InChI is InChI=1S/C16H22ClN3O/c1-10(20(13-5-6-13)9-11-2-3-11)16(21)19-15-7-4-12(17)8-14(15)18/h4,7-8,10-11,13H,2-3,5-6,9,18H2,1H3,(H,19,21). The van der Waals surface area contributed by atoms with Crippen LogP contribution < -0.4 is 11.1 Å². The third-order valence-corrected chi connectivity index (χ3v) is 4.57. The van der Waals surface area contributed by atoms with Gasteiger partial charge >= 0.3 is 0 Å². The van der Waals surface area contributed by atoms with E-state index in [4.69, 9.17) is 17.3 Å². The van der Waals surface area contributed by atoms with Gasteiger partial charge in [-0.25, -0.2) is 0 Å². The van der Waals surface area contributed by atoms with E-state index in [1.165, 1.54) is 25.7 Å². The normalized spacial score (nSPS) is 19.6. The van der Waals surface area contributed by atoms with Gasteiger partial charge in [-0.3, -0.25) is 9.69 Å². The van der Waals surface area contributed by atoms with Crippen LogP contribution in [0, 0.1) is 5.92 Å². The molecule has 5 heteroatoms. The lowest BCUT2D eigenvalue weighted by Crippen LogP contribution is -2.44. The van der Waals surface area contributed by atoms with E-state index in [-0.39, 0.29) is 11.9 Å². The van der Waals surface area contributed by atoms with Crippen LogP contribution in [0.3, 0.4) is 0 Å². The van der Waals surface area contributed by atoms with Crippen LogP contribution in [0.25, 0.3) is 0 Å². The van der Waals surface area contributed by atoms with E-state index in [1.807, 2.05) is 6.92 Å². The monoisotopic (exact) mass is 307 g/mol. The first-order chi connectivity index (χ1) is 10.0. The molecule has 0 heterocycles. The number of nitrogens with one attached hydrogen (secondary N) is 1. The highest BCUT2D eigenvalue weighted by molar-refractivity contribution is 6.31. The van der Waals surface area contributed by atoms with E-state index in [0.717, 1.165) is 12.5 Å². The maximum absolute atomic E-state index is 12.5. The third kappa shape index (κ3) is 3.69. The summed E-state index contributed by atoms with van der Waals surface area (Å²) < 4.78 is 0. The zero-order chi connectivity index (χ0) is 15.0. The average molecular weight is 308 g/mol. The van der Waals surface area contributed by atoms with Crippen LogP contribution in [0.15, 0.2) is 18.2 Å². The van der Waals surface area contributed by atoms with Crippen LogP contribution in [0.2, 0.25) is 5.02 Å². The molecule has 1 amide bonds. The van der Waals surface area contributed by atoms with E-state index in [2.05, 4.69) is 10.2 Å². The molecule has 4 nitrogen and oxygen atoms in total. The van der Waals surface area contributed by atoms with E-state index >= 15 is 0 Å². The molecular weight excluding hydrogens is 286 g/mol. The van der Waals surface area contributed by atoms with Crippen LogP contribution in [0.1, 0.15) is 32.6 Å². The molecule has 1 atom stereocenters. The Bertz CT molecular complexity index is 540. The summed E-state index contributed by atoms with van der Waals surface area (Å²) >= 11 is 5.88. The second-order valence-electron chi connectivity index (χ2n) is 6.27. The largest absolute Gasteiger partial charge is 0.397 e. The molecule has 1 unspecified atom stereocenters. The summed E-state index contributed by atoms with van der Waals surface area (Å²) in [4.78, 5) is 14.8. The molecule has 2 saturated carbocycles. The number of rotatable bonds is 6. The SMILES string of the molecule is CC(C(=O)Nc1ccc(Cl)cc1N)N(CC1CC1)C1CC1. The number of hydrogen-bond donors (Lipinski definition) is 2. The predicted molar refractivity (Wildman–Crippen MR) is 86.4 cm³/mol. The van der Waals surface area contributed by atoms with Crippen LogP contribution in [0.5, 0.6) is 0 Å². The molecule has 3 rings (SSSR count). The van der Waals surface area contributed by atoms with Crippen molar-refractivity contribution in [1.29, 1.82) is 0 Å². The summed E-state index contributed by atoms with van der Waals surface area (Å²) in [7, 11) is 0. The number of carbonyl (C=O) groups is 1. The van der Waals surface area contributed by atoms with E-state index in [0.29, 0.717) is 22.4 Å². The highest BCUT2D eigenvalue weighted by atomic mass is 35.5. The van der Waals surface area contributed by atoms with Gasteiger partial charge in [0.1, 0.15) is 0 Å². The zero-order valence-electron chi connectivity index (χ0n) is 12.3. The Labute approximate surface area is 130 Å². The van der Waals surface area contributed by atoms with Crippen LogP contribution in [0.4, 0.5) is 11.4 Å². The van der Waals surface area contributed by atoms with Gasteiger partial charge in [0.2, 0.25) is 5.91 Å². The molecule has 0 aliphatic heterocycles. The first-order valence-corrected chi connectivity index (χ1v) is 8.04. The lowest BCUT2D eigenvalue weighted by atomic mass is 10.2. The minimum absolute atomic E-state index is 0.0107. The molecule has 114 valence electrons. The molecular formula is C16H22ClN3O. The van der Waals surface area contributed by atoms with Gasteiger partial charge in [0.15, 0.2) is 0 Å². The van der Waals surface area contributed by atoms with Crippen molar-refractivity contribution < 1.29 is 4.79 Å². The fraction of sp³-hybridized carbons (Fsp3) is 0.562. The summed E-state index contributed by atoms with van der Waals surface area (Å²) in [5, 5.41) is 3.51. The van der Waals surface area contributed by atoms with Crippen molar-refractivity contribution in [2.24, 2.45) is 5.92 Å². The van der Waals surface area contributed by atoms with Gasteiger partial charge in [-0.15, -0.1) is 0 Å². The summed E-state index contributed by atoms with van der Waals surface area (Å²) in [5.74, 6) is 0.804. The third-order valence-electron chi connectivity index (χ3n) is 4.33. The molecule has 1 aromatic rings. The first-order valence-electron chi connectivity index (χ1n) is 7.66. The molecule has 0 aromatic heterocycles. The van der Waals surface area contributed by atoms with Crippen molar-refractivity contribution in [3.05, 3.63) is 23.2 Å². The van der Waals surface area contributed by atoms with Crippen molar-refractivity contribution in [2.45, 2.75) is 44.7 Å². The lowest BCUT2D eigenvalue weighted by Gasteiger charge is -2.28. The molecule has 3 N–H and O–H groups in total. The highest BCUT2D eigenvalue weighted by Crippen LogP contribution is 2.36. The van der Waals surface area contributed by atoms with Gasteiger partial charge in [0, 0.05) is 17.6 Å². The molecule has 2 fully saturated rings. The molecule has 1 aromatic carbocycles. The molecule has 2 aliphatic carbocycles. The Morgan fingerprint density at radius 3 is 2.71 bits per heavy atom. The van der Waals surface area contributed by atoms with Gasteiger partial charge < -0.3 is 11.1 Å². The number of halogens is 1. The summed E-state index contributed by atoms with van der Waals surface area (Å²) in [6, 6.07) is 5.62. The number of nitrogens with zero attached hydrogens (tertiary/aromatic N) is 1. The van der Waals surface area contributed by atoms with Gasteiger partial charge in [-0.1, -0.05) is 11.6 Å². The Balaban J connectivity index is 1.65. The second kappa shape index (κ2) is 5.85. The molecule has 0 radical (unpaired) electrons. The minimum Gasteiger partial charge on any atom is -0.397 e. The van der Waals surface area contributed by atoms with Crippen molar-refractivity contribution in [3.63, 3.8) is 0 Å². The molecule has 0 bridgehead atoms. The topological polar surface area (TPSA) is 58.4 Å². The molecule has 0 spiro atoms. The molecule has 2 aliphatic rings. The summed E-state index contributed by atoms with van der Waals surface area (Å²) in [6.07, 6.45) is 5.05. The van der Waals surface area contributed by atoms with Crippen LogP contribution in [-0.2, 0) is 4.79 Å². The summed E-state index contributed by atoms with van der Waals surface area (Å²) in [6.45, 7) is 3.04. The minimum atomic E-state index is -0.117. The maximum Gasteiger partial charge on any atom is 0.241 e. The van der Waals surface area contributed by atoms with Crippen molar-refractivity contribution in [1.82, 2.24) is 4.90 Å². The number of benzene rings is 1. The van der Waals surface area contributed by atoms with Crippen LogP contribution >= 0.6 is 11.6 Å². The Morgan fingerprint density at radius 1 is 1.43 bits per heavy atom. The van der Waals surface area contributed by atoms with E-state index < -0.39 is 0 Å². The number of carbonyl (C=O) groups excluding carboxylic acids is 1. The van der Waals surface area contributed by atoms with Crippen LogP contribution in [-0.4, -0.2) is 29.4 Å². The number of hydrogen-bond acceptors (Lipinski definition) is 3. The van der Waals surface area contributed by atoms with Crippen molar-refractivity contribution in [3.8, 4) is 0 Å². The van der Waals surface area contributed by atoms with Gasteiger partial charge in [-0.05, 0) is 56.7 Å². The Hall–Kier alpha value is -1.26. The highest BCUT2D eigenvalue weighted by Gasteiger charge is 2.38. The first kappa shape index (κ1) is 14.7. The maximum atomic E-state index is 12.5. The quantitative estimate of drug-likeness (QED) is 0.794. The van der Waals surface area contributed by atoms with E-state index in [9.17, 15) is 4.79 Å². The number of nitrogens with two attached hydrogens (primary N) is 1. The van der Waals surface area contributed by atoms with E-state index in [1.54, 1.807) is 18.2 Å². The fourth-order valence-corrected chi connectivity index (χ4v) is 2.84. The Morgan fingerprint density at radius 2 is 2.14 bits per heavy atom. The lowest BCUT2D eigenvalue weighted by molar-refractivity contribution is -0.121. The Kier molecular flexibility index (Phi) is 4.09. The number of nitrogen functional groups attached to an aromatic ring is 1. The second-order valence-corrected chi connectivity index (χ2v) is 6.70. The van der Waals surface area contributed by atoms with Crippen molar-refractivity contribution >= 4 is 28.9 Å². The number of anilines is 2.